The fourth-order valence-electron chi connectivity index (χ4n) is 5.76. The molecule has 0 aliphatic heterocycles. The number of benzene rings is 1. The van der Waals surface area contributed by atoms with E-state index in [1.54, 1.807) is 18.2 Å². The van der Waals surface area contributed by atoms with Crippen LogP contribution in [0.25, 0.3) is 11.0 Å². The molecular weight excluding hydrogens is 302 g/mol. The minimum absolute atomic E-state index is 0.0626. The highest BCUT2D eigenvalue weighted by molar-refractivity contribution is 5.93. The summed E-state index contributed by atoms with van der Waals surface area (Å²) < 4.78 is 0.747. The van der Waals surface area contributed by atoms with E-state index in [0.717, 1.165) is 41.7 Å². The van der Waals surface area contributed by atoms with Crippen molar-refractivity contribution in [2.45, 2.75) is 44.1 Å². The highest BCUT2D eigenvalue weighted by Crippen LogP contribution is 2.55. The fraction of sp³-hybridized carbons (Fsp3) is 0.526. The fourth-order valence-corrected chi connectivity index (χ4v) is 5.76. The predicted octanol–water partition coefficient (Wildman–Crippen LogP) is 2.57. The van der Waals surface area contributed by atoms with Crippen LogP contribution in [-0.2, 0) is 0 Å². The minimum atomic E-state index is -0.202. The first kappa shape index (κ1) is 14.2. The molecule has 1 aromatic heterocycles. The summed E-state index contributed by atoms with van der Waals surface area (Å²) in [7, 11) is 0. The molecule has 1 amide bonds. The molecule has 0 spiro atoms. The van der Waals surface area contributed by atoms with Crippen LogP contribution < -0.4 is 10.0 Å². The van der Waals surface area contributed by atoms with Gasteiger partial charge >= 0.3 is 0 Å². The highest BCUT2D eigenvalue weighted by Gasteiger charge is 2.51. The molecule has 124 valence electrons. The second kappa shape index (κ2) is 4.91. The smallest absolute Gasteiger partial charge is 0.276 e. The first-order valence-electron chi connectivity index (χ1n) is 8.92. The number of aromatic nitrogens is 2. The van der Waals surface area contributed by atoms with Gasteiger partial charge in [-0.3, -0.25) is 4.79 Å². The van der Waals surface area contributed by atoms with E-state index in [2.05, 4.69) is 10.3 Å². The van der Waals surface area contributed by atoms with Crippen LogP contribution in [0.15, 0.2) is 30.5 Å². The molecule has 4 bridgehead atoms. The lowest BCUT2D eigenvalue weighted by molar-refractivity contribution is -0.577. The second-order valence-electron chi connectivity index (χ2n) is 8.09. The van der Waals surface area contributed by atoms with Gasteiger partial charge in [-0.15, -0.1) is 0 Å². The zero-order valence-electron chi connectivity index (χ0n) is 13.6. The Hall–Kier alpha value is -2.17. The number of amides is 1. The number of hydrogen-bond acceptors (Lipinski definition) is 3. The Morgan fingerprint density at radius 3 is 2.42 bits per heavy atom. The third kappa shape index (κ3) is 2.18. The van der Waals surface area contributed by atoms with E-state index in [1.165, 1.54) is 25.5 Å². The first-order chi connectivity index (χ1) is 11.6. The number of hydrogen-bond donors (Lipinski definition) is 1. The molecule has 4 aliphatic carbocycles. The molecule has 4 saturated carbocycles. The minimum Gasteiger partial charge on any atom is -0.618 e. The van der Waals surface area contributed by atoms with E-state index < -0.39 is 0 Å². The monoisotopic (exact) mass is 323 g/mol. The Labute approximate surface area is 140 Å². The summed E-state index contributed by atoms with van der Waals surface area (Å²) in [6.07, 6.45) is 8.59. The Morgan fingerprint density at radius 1 is 1.12 bits per heavy atom. The number of nitrogens with zero attached hydrogens (tertiary/aromatic N) is 2. The molecule has 0 atom stereocenters. The Morgan fingerprint density at radius 2 is 1.75 bits per heavy atom. The average molecular weight is 323 g/mol. The van der Waals surface area contributed by atoms with Crippen molar-refractivity contribution < 1.29 is 9.52 Å². The van der Waals surface area contributed by atoms with Crippen molar-refractivity contribution >= 4 is 16.9 Å². The summed E-state index contributed by atoms with van der Waals surface area (Å²) in [5, 5.41) is 15.4. The molecular formula is C19H21N3O2. The zero-order valence-corrected chi connectivity index (χ0v) is 13.6. The number of carbonyl (C=O) groups excluding carboxylic acids is 1. The van der Waals surface area contributed by atoms with Crippen molar-refractivity contribution in [2.75, 3.05) is 0 Å². The molecule has 1 heterocycles. The molecule has 1 aromatic carbocycles. The molecule has 2 aromatic rings. The third-order valence-corrected chi connectivity index (χ3v) is 6.25. The van der Waals surface area contributed by atoms with Crippen LogP contribution in [0.1, 0.15) is 49.0 Å². The van der Waals surface area contributed by atoms with Crippen molar-refractivity contribution in [3.05, 3.63) is 41.4 Å². The van der Waals surface area contributed by atoms with Gasteiger partial charge in [0.15, 0.2) is 5.69 Å². The molecule has 1 N–H and O–H groups in total. The SMILES string of the molecule is O=C(NC12CC3CC(CC(C3)C1)C2)c1c[n+]([O-])c2ccccc2n1. The van der Waals surface area contributed by atoms with Crippen LogP contribution in [0, 0.1) is 23.0 Å². The maximum absolute atomic E-state index is 12.8. The van der Waals surface area contributed by atoms with Crippen LogP contribution in [0.4, 0.5) is 0 Å². The van der Waals surface area contributed by atoms with Gasteiger partial charge in [-0.05, 0) is 62.3 Å². The molecule has 4 aliphatic rings. The number of rotatable bonds is 2. The molecule has 5 heteroatoms. The van der Waals surface area contributed by atoms with E-state index in [0.29, 0.717) is 11.0 Å². The van der Waals surface area contributed by atoms with Crippen molar-refractivity contribution in [3.63, 3.8) is 0 Å². The zero-order chi connectivity index (χ0) is 16.3. The van der Waals surface area contributed by atoms with Gasteiger partial charge in [-0.1, -0.05) is 12.1 Å². The maximum atomic E-state index is 12.8. The van der Waals surface area contributed by atoms with E-state index in [1.807, 2.05) is 6.07 Å². The van der Waals surface area contributed by atoms with Crippen molar-refractivity contribution in [1.82, 2.24) is 10.3 Å². The summed E-state index contributed by atoms with van der Waals surface area (Å²) in [4.78, 5) is 17.2. The number of fused-ring (bicyclic) bond motifs is 1. The number of para-hydroxylation sites is 2. The summed E-state index contributed by atoms with van der Waals surface area (Å²) in [5.41, 5.74) is 1.21. The summed E-state index contributed by atoms with van der Waals surface area (Å²) in [6, 6.07) is 7.12. The quantitative estimate of drug-likeness (QED) is 0.682. The van der Waals surface area contributed by atoms with Gasteiger partial charge in [0.2, 0.25) is 11.7 Å². The maximum Gasteiger partial charge on any atom is 0.276 e. The normalized spacial score (nSPS) is 33.8. The first-order valence-corrected chi connectivity index (χ1v) is 8.92. The molecule has 6 rings (SSSR count). The average Bonchev–Trinajstić information content (AvgIpc) is 2.53. The molecule has 0 saturated heterocycles. The van der Waals surface area contributed by atoms with Crippen LogP contribution in [0.5, 0.6) is 0 Å². The van der Waals surface area contributed by atoms with Crippen LogP contribution in [0.2, 0.25) is 0 Å². The van der Waals surface area contributed by atoms with Crippen LogP contribution in [-0.4, -0.2) is 16.4 Å². The predicted molar refractivity (Wildman–Crippen MR) is 89.1 cm³/mol. The molecule has 0 radical (unpaired) electrons. The van der Waals surface area contributed by atoms with Gasteiger partial charge in [-0.25, -0.2) is 4.98 Å². The largest absolute Gasteiger partial charge is 0.618 e. The second-order valence-corrected chi connectivity index (χ2v) is 8.09. The Kier molecular flexibility index (Phi) is 2.91. The molecule has 5 nitrogen and oxygen atoms in total. The molecule has 4 fully saturated rings. The lowest BCUT2D eigenvalue weighted by Crippen LogP contribution is -2.60. The standard InChI is InChI=1S/C19H21N3O2/c23-18(16-11-22(24)17-4-2-1-3-15(17)20-16)21-19-8-12-5-13(9-19)7-14(6-12)10-19/h1-4,11-14H,5-10H2,(H,21,23). The van der Waals surface area contributed by atoms with Gasteiger partial charge in [-0.2, -0.15) is 4.73 Å². The molecule has 24 heavy (non-hydrogen) atoms. The van der Waals surface area contributed by atoms with Crippen LogP contribution in [0.3, 0.4) is 0 Å². The van der Waals surface area contributed by atoms with Crippen molar-refractivity contribution in [3.8, 4) is 0 Å². The number of carbonyl (C=O) groups is 1. The van der Waals surface area contributed by atoms with Gasteiger partial charge in [0, 0.05) is 11.6 Å². The van der Waals surface area contributed by atoms with Gasteiger partial charge in [0.1, 0.15) is 5.52 Å². The van der Waals surface area contributed by atoms with E-state index in [9.17, 15) is 10.0 Å². The van der Waals surface area contributed by atoms with Crippen LogP contribution >= 0.6 is 0 Å². The van der Waals surface area contributed by atoms with Gasteiger partial charge in [0.05, 0.1) is 0 Å². The lowest BCUT2D eigenvalue weighted by Gasteiger charge is -2.56. The summed E-state index contributed by atoms with van der Waals surface area (Å²) in [6.45, 7) is 0. The summed E-state index contributed by atoms with van der Waals surface area (Å²) in [5.74, 6) is 2.11. The van der Waals surface area contributed by atoms with Gasteiger partial charge in [0.25, 0.3) is 5.91 Å². The van der Waals surface area contributed by atoms with E-state index in [-0.39, 0.29) is 17.1 Å². The van der Waals surface area contributed by atoms with E-state index >= 15 is 0 Å². The Bertz CT molecular complexity index is 797. The topological polar surface area (TPSA) is 68.9 Å². The van der Waals surface area contributed by atoms with Crippen molar-refractivity contribution in [1.29, 1.82) is 0 Å². The van der Waals surface area contributed by atoms with E-state index in [4.69, 9.17) is 0 Å². The highest BCUT2D eigenvalue weighted by atomic mass is 16.5. The van der Waals surface area contributed by atoms with Crippen molar-refractivity contribution in [2.24, 2.45) is 17.8 Å². The summed E-state index contributed by atoms with van der Waals surface area (Å²) >= 11 is 0. The Balaban J connectivity index is 1.45. The molecule has 0 unspecified atom stereocenters. The van der Waals surface area contributed by atoms with Gasteiger partial charge < -0.3 is 10.5 Å². The number of nitrogens with one attached hydrogen (secondary N) is 1. The lowest BCUT2D eigenvalue weighted by atomic mass is 9.53. The third-order valence-electron chi connectivity index (χ3n) is 6.25.